The van der Waals surface area contributed by atoms with E-state index in [0.29, 0.717) is 6.04 Å². The van der Waals surface area contributed by atoms with Crippen molar-refractivity contribution in [3.05, 3.63) is 41.3 Å². The first kappa shape index (κ1) is 14.9. The molecule has 0 aliphatic carbocycles. The van der Waals surface area contributed by atoms with Crippen LogP contribution in [-0.4, -0.2) is 32.1 Å². The molecule has 0 N–H and O–H groups in total. The highest BCUT2D eigenvalue weighted by Gasteiger charge is 2.26. The van der Waals surface area contributed by atoms with Crippen molar-refractivity contribution < 1.29 is 0 Å². The van der Waals surface area contributed by atoms with E-state index in [2.05, 4.69) is 66.5 Å². The maximum atomic E-state index is 2.57. The summed E-state index contributed by atoms with van der Waals surface area (Å²) in [5.74, 6) is 0. The van der Waals surface area contributed by atoms with Gasteiger partial charge in [-0.2, -0.15) is 0 Å². The fourth-order valence-electron chi connectivity index (χ4n) is 2.83. The van der Waals surface area contributed by atoms with Crippen LogP contribution in [0.1, 0.15) is 24.9 Å². The second-order valence-electron chi connectivity index (χ2n) is 5.76. The molecule has 1 aliphatic heterocycles. The van der Waals surface area contributed by atoms with Gasteiger partial charge in [0.1, 0.15) is 0 Å². The molecule has 0 saturated carbocycles. The Morgan fingerprint density at radius 1 is 1.19 bits per heavy atom. The number of nitrogens with zero attached hydrogens (tertiary/aromatic N) is 2. The van der Waals surface area contributed by atoms with Crippen LogP contribution in [0.25, 0.3) is 0 Å². The zero-order valence-corrected chi connectivity index (χ0v) is 14.5. The number of thiophene rings is 1. The fraction of sp³-hybridized carbons (Fsp3) is 0.412. The normalized spacial score (nSPS) is 17.5. The molecule has 0 radical (unpaired) electrons. The molecule has 0 amide bonds. The molecule has 0 fully saturated rings. The van der Waals surface area contributed by atoms with Gasteiger partial charge in [0.15, 0.2) is 0 Å². The van der Waals surface area contributed by atoms with Crippen LogP contribution in [0.5, 0.6) is 0 Å². The van der Waals surface area contributed by atoms with Gasteiger partial charge < -0.3 is 9.80 Å². The minimum Gasteiger partial charge on any atom is -0.364 e. The van der Waals surface area contributed by atoms with Gasteiger partial charge in [-0.3, -0.25) is 0 Å². The Balaban J connectivity index is 1.92. The molecule has 112 valence electrons. The summed E-state index contributed by atoms with van der Waals surface area (Å²) >= 11 is 3.79. The van der Waals surface area contributed by atoms with Gasteiger partial charge in [0, 0.05) is 11.4 Å². The molecule has 0 unspecified atom stereocenters. The number of hydrogen-bond acceptors (Lipinski definition) is 4. The van der Waals surface area contributed by atoms with Crippen LogP contribution in [-0.2, 0) is 0 Å². The number of anilines is 1. The van der Waals surface area contributed by atoms with Crippen molar-refractivity contribution in [2.24, 2.45) is 0 Å². The molecule has 1 aromatic heterocycles. The summed E-state index contributed by atoms with van der Waals surface area (Å²) in [6, 6.07) is 11.6. The van der Waals surface area contributed by atoms with E-state index >= 15 is 0 Å². The van der Waals surface area contributed by atoms with Gasteiger partial charge in [0.25, 0.3) is 0 Å². The predicted octanol–water partition coefficient (Wildman–Crippen LogP) is 4.73. The second kappa shape index (κ2) is 6.42. The summed E-state index contributed by atoms with van der Waals surface area (Å²) in [6.07, 6.45) is 1.19. The van der Waals surface area contributed by atoms with Crippen LogP contribution in [0.15, 0.2) is 44.8 Å². The standard InChI is InChI=1S/C17H22N2S2/c1-13-14-9-12-20-17(14)21-16-8-5-4-7-15(16)19(13)11-6-10-18(2)3/h4-5,7-9,12-13H,6,10-11H2,1-3H3/t13-/m1/s1. The van der Waals surface area contributed by atoms with Crippen LogP contribution in [0.2, 0.25) is 0 Å². The minimum atomic E-state index is 0.449. The lowest BCUT2D eigenvalue weighted by atomic mass is 10.1. The van der Waals surface area contributed by atoms with Gasteiger partial charge >= 0.3 is 0 Å². The third-order valence-electron chi connectivity index (χ3n) is 3.96. The van der Waals surface area contributed by atoms with E-state index in [1.165, 1.54) is 26.8 Å². The van der Waals surface area contributed by atoms with Crippen molar-refractivity contribution in [2.75, 3.05) is 32.1 Å². The molecule has 3 rings (SSSR count). The second-order valence-corrected chi connectivity index (χ2v) is 7.99. The highest BCUT2D eigenvalue weighted by molar-refractivity contribution is 8.01. The van der Waals surface area contributed by atoms with Gasteiger partial charge in [-0.15, -0.1) is 11.3 Å². The average Bonchev–Trinajstić information content (AvgIpc) is 2.88. The molecule has 2 aromatic rings. The van der Waals surface area contributed by atoms with Gasteiger partial charge in [0.05, 0.1) is 15.9 Å². The summed E-state index contributed by atoms with van der Waals surface area (Å²) in [7, 11) is 4.29. The first-order valence-electron chi connectivity index (χ1n) is 7.42. The minimum absolute atomic E-state index is 0.449. The molecule has 0 spiro atoms. The van der Waals surface area contributed by atoms with E-state index in [9.17, 15) is 0 Å². The lowest BCUT2D eigenvalue weighted by Gasteiger charge is -2.31. The van der Waals surface area contributed by atoms with Crippen molar-refractivity contribution >= 4 is 28.8 Å². The van der Waals surface area contributed by atoms with E-state index in [-0.39, 0.29) is 0 Å². The molecule has 2 nitrogen and oxygen atoms in total. The Morgan fingerprint density at radius 2 is 2.00 bits per heavy atom. The van der Waals surface area contributed by atoms with E-state index < -0.39 is 0 Å². The van der Waals surface area contributed by atoms with E-state index in [1.54, 1.807) is 0 Å². The molecular formula is C17H22N2S2. The van der Waals surface area contributed by atoms with Crippen LogP contribution >= 0.6 is 23.1 Å². The quantitative estimate of drug-likeness (QED) is 0.804. The number of rotatable bonds is 4. The zero-order chi connectivity index (χ0) is 14.8. The van der Waals surface area contributed by atoms with E-state index in [0.717, 1.165) is 13.1 Å². The smallest absolute Gasteiger partial charge is 0.0699 e. The lowest BCUT2D eigenvalue weighted by Crippen LogP contribution is -2.29. The Bertz CT molecular complexity index is 606. The SMILES string of the molecule is C[C@@H]1c2ccsc2Sc2ccccc2N1CCCN(C)C. The molecule has 1 aromatic carbocycles. The zero-order valence-electron chi connectivity index (χ0n) is 12.9. The number of para-hydroxylation sites is 1. The van der Waals surface area contributed by atoms with Gasteiger partial charge in [0.2, 0.25) is 0 Å². The molecule has 2 heterocycles. The molecule has 21 heavy (non-hydrogen) atoms. The van der Waals surface area contributed by atoms with Crippen LogP contribution in [0.3, 0.4) is 0 Å². The van der Waals surface area contributed by atoms with Gasteiger partial charge in [-0.1, -0.05) is 23.9 Å². The Kier molecular flexibility index (Phi) is 4.57. The van der Waals surface area contributed by atoms with Crippen molar-refractivity contribution in [1.29, 1.82) is 0 Å². The number of hydrogen-bond donors (Lipinski definition) is 0. The summed E-state index contributed by atoms with van der Waals surface area (Å²) in [4.78, 5) is 6.22. The molecule has 1 atom stereocenters. The first-order valence-corrected chi connectivity index (χ1v) is 9.12. The summed E-state index contributed by atoms with van der Waals surface area (Å²) < 4.78 is 1.45. The van der Waals surface area contributed by atoms with Crippen LogP contribution < -0.4 is 4.90 Å². The summed E-state index contributed by atoms with van der Waals surface area (Å²) in [5, 5.41) is 2.22. The van der Waals surface area contributed by atoms with Crippen molar-refractivity contribution in [2.45, 2.75) is 28.5 Å². The topological polar surface area (TPSA) is 6.48 Å². The molecule has 0 saturated heterocycles. The highest BCUT2D eigenvalue weighted by Crippen LogP contribution is 2.47. The van der Waals surface area contributed by atoms with E-state index in [4.69, 9.17) is 0 Å². The lowest BCUT2D eigenvalue weighted by molar-refractivity contribution is 0.397. The summed E-state index contributed by atoms with van der Waals surface area (Å²) in [5.41, 5.74) is 2.86. The van der Waals surface area contributed by atoms with E-state index in [1.807, 2.05) is 23.1 Å². The number of fused-ring (bicyclic) bond motifs is 2. The third kappa shape index (κ3) is 3.12. The summed E-state index contributed by atoms with van der Waals surface area (Å²) in [6.45, 7) is 4.57. The third-order valence-corrected chi connectivity index (χ3v) is 6.20. The highest BCUT2D eigenvalue weighted by atomic mass is 32.2. The molecular weight excluding hydrogens is 296 g/mol. The average molecular weight is 319 g/mol. The first-order chi connectivity index (χ1) is 10.2. The maximum absolute atomic E-state index is 2.57. The molecule has 0 bridgehead atoms. The Hall–Kier alpha value is -0.970. The predicted molar refractivity (Wildman–Crippen MR) is 93.8 cm³/mol. The fourth-order valence-corrected chi connectivity index (χ4v) is 5.16. The van der Waals surface area contributed by atoms with Gasteiger partial charge in [-0.25, -0.2) is 0 Å². The Labute approximate surface area is 135 Å². The molecule has 4 heteroatoms. The van der Waals surface area contributed by atoms with Crippen LogP contribution in [0, 0.1) is 0 Å². The number of benzene rings is 1. The molecule has 1 aliphatic rings. The Morgan fingerprint density at radius 3 is 2.81 bits per heavy atom. The van der Waals surface area contributed by atoms with Crippen LogP contribution in [0.4, 0.5) is 5.69 Å². The van der Waals surface area contributed by atoms with Gasteiger partial charge in [-0.05, 0) is 63.1 Å². The monoisotopic (exact) mass is 318 g/mol. The van der Waals surface area contributed by atoms with Crippen molar-refractivity contribution in [3.63, 3.8) is 0 Å². The largest absolute Gasteiger partial charge is 0.364 e. The maximum Gasteiger partial charge on any atom is 0.0699 e. The van der Waals surface area contributed by atoms with Crippen molar-refractivity contribution in [3.8, 4) is 0 Å². The van der Waals surface area contributed by atoms with Crippen molar-refractivity contribution in [1.82, 2.24) is 4.90 Å².